The van der Waals surface area contributed by atoms with Gasteiger partial charge in [0.05, 0.1) is 18.9 Å². The number of nitrogens with one attached hydrogen (secondary N) is 1. The number of nitrogens with zero attached hydrogens (tertiary/aromatic N) is 4. The van der Waals surface area contributed by atoms with Crippen LogP contribution in [0.1, 0.15) is 30.9 Å². The second-order valence-corrected chi connectivity index (χ2v) is 6.94. The van der Waals surface area contributed by atoms with E-state index >= 15 is 0 Å². The van der Waals surface area contributed by atoms with Crippen molar-refractivity contribution < 1.29 is 4.74 Å². The van der Waals surface area contributed by atoms with Crippen LogP contribution in [-0.2, 0) is 4.74 Å². The Balaban J connectivity index is 1.83. The van der Waals surface area contributed by atoms with Crippen LogP contribution in [0.15, 0.2) is 35.3 Å². The molecule has 1 aliphatic heterocycles. The molecule has 1 fully saturated rings. The molecule has 1 N–H and O–H groups in total. The highest BCUT2D eigenvalue weighted by atomic mass is 16.5. The van der Waals surface area contributed by atoms with Crippen molar-refractivity contribution in [3.05, 3.63) is 51.9 Å². The van der Waals surface area contributed by atoms with Gasteiger partial charge in [0.2, 0.25) is 0 Å². The molecule has 0 unspecified atom stereocenters. The van der Waals surface area contributed by atoms with Crippen molar-refractivity contribution in [1.29, 1.82) is 5.26 Å². The van der Waals surface area contributed by atoms with Crippen LogP contribution in [0.2, 0.25) is 0 Å². The normalized spacial score (nSPS) is 14.7. The number of ether oxygens (including phenoxy) is 1. The van der Waals surface area contributed by atoms with Gasteiger partial charge in [-0.25, -0.2) is 9.50 Å². The monoisotopic (exact) mass is 363 g/mol. The maximum atomic E-state index is 13.0. The van der Waals surface area contributed by atoms with Gasteiger partial charge in [-0.15, -0.1) is 0 Å². The molecule has 1 saturated heterocycles. The molecular weight excluding hydrogens is 342 g/mol. The van der Waals surface area contributed by atoms with E-state index in [9.17, 15) is 10.1 Å². The van der Waals surface area contributed by atoms with Crippen molar-refractivity contribution in [1.82, 2.24) is 14.6 Å². The van der Waals surface area contributed by atoms with Gasteiger partial charge in [0.1, 0.15) is 11.6 Å². The van der Waals surface area contributed by atoms with E-state index in [2.05, 4.69) is 33.2 Å². The molecule has 3 aromatic rings. The van der Waals surface area contributed by atoms with Crippen LogP contribution in [0.4, 0.5) is 5.69 Å². The molecule has 0 spiro atoms. The predicted molar refractivity (Wildman–Crippen MR) is 103 cm³/mol. The summed E-state index contributed by atoms with van der Waals surface area (Å²) in [5.74, 6) is 0.00431. The highest BCUT2D eigenvalue weighted by molar-refractivity contribution is 5.70. The second-order valence-electron chi connectivity index (χ2n) is 6.94. The molecule has 0 saturated carbocycles. The van der Waals surface area contributed by atoms with Gasteiger partial charge in [0.15, 0.2) is 5.65 Å². The van der Waals surface area contributed by atoms with E-state index in [4.69, 9.17) is 4.74 Å². The van der Waals surface area contributed by atoms with E-state index in [1.54, 1.807) is 0 Å². The molecule has 0 amide bonds. The van der Waals surface area contributed by atoms with Crippen molar-refractivity contribution in [2.75, 3.05) is 31.2 Å². The molecule has 0 radical (unpaired) electrons. The molecule has 7 nitrogen and oxygen atoms in total. The molecule has 4 rings (SSSR count). The Labute approximate surface area is 156 Å². The summed E-state index contributed by atoms with van der Waals surface area (Å²) >= 11 is 0. The van der Waals surface area contributed by atoms with Crippen molar-refractivity contribution in [3.63, 3.8) is 0 Å². The van der Waals surface area contributed by atoms with Gasteiger partial charge < -0.3 is 9.64 Å². The number of nitriles is 1. The largest absolute Gasteiger partial charge is 0.378 e. The van der Waals surface area contributed by atoms with E-state index in [1.165, 1.54) is 10.7 Å². The fourth-order valence-electron chi connectivity index (χ4n) is 3.50. The third-order valence-electron chi connectivity index (χ3n) is 4.91. The predicted octanol–water partition coefficient (Wildman–Crippen LogP) is 2.52. The number of rotatable bonds is 3. The number of aromatic nitrogens is 3. The summed E-state index contributed by atoms with van der Waals surface area (Å²) < 4.78 is 6.75. The van der Waals surface area contributed by atoms with Crippen molar-refractivity contribution >= 4 is 11.3 Å². The first-order chi connectivity index (χ1) is 13.1. The summed E-state index contributed by atoms with van der Waals surface area (Å²) in [6, 6.07) is 10.2. The number of H-pyrrole nitrogens is 1. The van der Waals surface area contributed by atoms with Gasteiger partial charge in [-0.3, -0.25) is 9.89 Å². The Hall–Kier alpha value is -3.11. The van der Waals surface area contributed by atoms with Gasteiger partial charge >= 0.3 is 0 Å². The number of morpholine rings is 1. The van der Waals surface area contributed by atoms with Crippen LogP contribution in [0.25, 0.3) is 16.9 Å². The minimum Gasteiger partial charge on any atom is -0.378 e. The molecule has 0 bridgehead atoms. The molecule has 1 aromatic carbocycles. The lowest BCUT2D eigenvalue weighted by Gasteiger charge is -2.29. The third kappa shape index (κ3) is 2.98. The Kier molecular flexibility index (Phi) is 4.42. The van der Waals surface area contributed by atoms with Crippen molar-refractivity contribution in [2.24, 2.45) is 0 Å². The van der Waals surface area contributed by atoms with Gasteiger partial charge in [-0.05, 0) is 18.1 Å². The SMILES string of the molecule is CC(C)c1c(-c2ccc(N3CCOCC3)cc2)nc2c(C#N)c[nH]n2c1=O. The fourth-order valence-corrected chi connectivity index (χ4v) is 3.50. The zero-order chi connectivity index (χ0) is 19.0. The number of benzene rings is 1. The van der Waals surface area contributed by atoms with Crippen molar-refractivity contribution in [2.45, 2.75) is 19.8 Å². The number of anilines is 1. The van der Waals surface area contributed by atoms with E-state index in [-0.39, 0.29) is 11.5 Å². The lowest BCUT2D eigenvalue weighted by molar-refractivity contribution is 0.122. The van der Waals surface area contributed by atoms with Crippen LogP contribution in [0, 0.1) is 11.3 Å². The zero-order valence-corrected chi connectivity index (χ0v) is 15.4. The summed E-state index contributed by atoms with van der Waals surface area (Å²) in [6.45, 7) is 7.17. The average Bonchev–Trinajstić information content (AvgIpc) is 3.12. The van der Waals surface area contributed by atoms with E-state index < -0.39 is 0 Å². The standard InChI is InChI=1S/C20H21N5O2/c1-13(2)17-18(23-19-15(11-21)12-22-25(19)20(17)26)14-3-5-16(6-4-14)24-7-9-27-10-8-24/h3-6,12-13,22H,7-10H2,1-2H3. The lowest BCUT2D eigenvalue weighted by Crippen LogP contribution is -2.36. The Morgan fingerprint density at radius 3 is 2.56 bits per heavy atom. The summed E-state index contributed by atoms with van der Waals surface area (Å²) in [7, 11) is 0. The molecule has 7 heteroatoms. The summed E-state index contributed by atoms with van der Waals surface area (Å²) in [4.78, 5) is 19.9. The Morgan fingerprint density at radius 2 is 1.93 bits per heavy atom. The first kappa shape index (κ1) is 17.3. The fraction of sp³-hybridized carbons (Fsp3) is 0.350. The Bertz CT molecular complexity index is 1070. The summed E-state index contributed by atoms with van der Waals surface area (Å²) in [5, 5.41) is 12.1. The first-order valence-corrected chi connectivity index (χ1v) is 9.07. The first-order valence-electron chi connectivity index (χ1n) is 9.07. The molecule has 27 heavy (non-hydrogen) atoms. The molecule has 0 atom stereocenters. The lowest BCUT2D eigenvalue weighted by atomic mass is 9.98. The molecule has 3 heterocycles. The van der Waals surface area contributed by atoms with Crippen LogP contribution in [-0.4, -0.2) is 40.9 Å². The van der Waals surface area contributed by atoms with Gasteiger partial charge in [-0.2, -0.15) is 5.26 Å². The van der Waals surface area contributed by atoms with E-state index in [0.29, 0.717) is 22.5 Å². The zero-order valence-electron chi connectivity index (χ0n) is 15.4. The van der Waals surface area contributed by atoms with Gasteiger partial charge in [-0.1, -0.05) is 26.0 Å². The van der Waals surface area contributed by atoms with Crippen LogP contribution in [0.3, 0.4) is 0 Å². The smallest absolute Gasteiger partial charge is 0.276 e. The summed E-state index contributed by atoms with van der Waals surface area (Å²) in [6.07, 6.45) is 1.51. The topological polar surface area (TPSA) is 86.4 Å². The molecule has 138 valence electrons. The van der Waals surface area contributed by atoms with Crippen LogP contribution in [0.5, 0.6) is 0 Å². The molecule has 1 aliphatic rings. The van der Waals surface area contributed by atoms with Crippen LogP contribution < -0.4 is 10.5 Å². The Morgan fingerprint density at radius 1 is 1.22 bits per heavy atom. The minimum atomic E-state index is -0.163. The quantitative estimate of drug-likeness (QED) is 0.773. The maximum Gasteiger partial charge on any atom is 0.276 e. The number of fused-ring (bicyclic) bond motifs is 1. The number of aromatic amines is 1. The molecular formula is C20H21N5O2. The highest BCUT2D eigenvalue weighted by Crippen LogP contribution is 2.28. The van der Waals surface area contributed by atoms with Gasteiger partial charge in [0, 0.05) is 36.1 Å². The summed E-state index contributed by atoms with van der Waals surface area (Å²) in [5.41, 5.74) is 3.83. The number of hydrogen-bond acceptors (Lipinski definition) is 5. The maximum absolute atomic E-state index is 13.0. The molecule has 0 aliphatic carbocycles. The van der Waals surface area contributed by atoms with Crippen molar-refractivity contribution in [3.8, 4) is 17.3 Å². The van der Waals surface area contributed by atoms with Gasteiger partial charge in [0.25, 0.3) is 5.56 Å². The van der Waals surface area contributed by atoms with E-state index in [1.807, 2.05) is 26.0 Å². The third-order valence-corrected chi connectivity index (χ3v) is 4.91. The van der Waals surface area contributed by atoms with E-state index in [0.717, 1.165) is 37.6 Å². The molecule has 2 aromatic heterocycles. The minimum absolute atomic E-state index is 0.00431. The van der Waals surface area contributed by atoms with Crippen LogP contribution >= 0.6 is 0 Å². The highest BCUT2D eigenvalue weighted by Gasteiger charge is 2.20. The second kappa shape index (κ2) is 6.89. The average molecular weight is 363 g/mol. The number of hydrogen-bond donors (Lipinski definition) is 1.